The Kier molecular flexibility index (Phi) is 5.57. The number of anilines is 1. The number of ether oxygens (including phenoxy) is 1. The monoisotopic (exact) mass is 488 g/mol. The van der Waals surface area contributed by atoms with E-state index in [1.54, 1.807) is 36.7 Å². The Hall–Kier alpha value is -4.10. The van der Waals surface area contributed by atoms with Gasteiger partial charge in [0.05, 0.1) is 18.7 Å². The predicted molar refractivity (Wildman–Crippen MR) is 132 cm³/mol. The van der Waals surface area contributed by atoms with Crippen molar-refractivity contribution in [2.75, 3.05) is 12.0 Å². The summed E-state index contributed by atoms with van der Waals surface area (Å²) in [5.74, 6) is -1.58. The van der Waals surface area contributed by atoms with Crippen molar-refractivity contribution >= 4 is 39.9 Å². The number of carbonyl (C=O) groups is 2. The van der Waals surface area contributed by atoms with Crippen molar-refractivity contribution in [1.82, 2.24) is 4.98 Å². The molecule has 176 valence electrons. The molecule has 2 aromatic heterocycles. The number of benzene rings is 2. The lowest BCUT2D eigenvalue weighted by Crippen LogP contribution is -2.31. The van der Waals surface area contributed by atoms with Crippen LogP contribution in [0.5, 0.6) is 5.75 Å². The van der Waals surface area contributed by atoms with Crippen LogP contribution in [0, 0.1) is 13.8 Å². The number of halogens is 1. The molecular formula is C27H21ClN2O5. The van der Waals surface area contributed by atoms with Gasteiger partial charge in [0.1, 0.15) is 0 Å². The third kappa shape index (κ3) is 3.74. The number of ketones is 1. The van der Waals surface area contributed by atoms with Crippen molar-refractivity contribution in [1.29, 1.82) is 0 Å². The van der Waals surface area contributed by atoms with Gasteiger partial charge in [-0.3, -0.25) is 19.5 Å². The van der Waals surface area contributed by atoms with E-state index in [1.807, 2.05) is 32.0 Å². The maximum atomic E-state index is 13.8. The van der Waals surface area contributed by atoms with Gasteiger partial charge in [-0.15, -0.1) is 0 Å². The van der Waals surface area contributed by atoms with Gasteiger partial charge in [-0.05, 0) is 55.3 Å². The van der Waals surface area contributed by atoms with Crippen LogP contribution in [0.2, 0.25) is 5.02 Å². The molecule has 7 nitrogen and oxygen atoms in total. The zero-order valence-electron chi connectivity index (χ0n) is 19.2. The number of carbonyl (C=O) groups excluding carboxylic acids is 2. The minimum absolute atomic E-state index is 0.0450. The molecule has 8 heteroatoms. The fourth-order valence-corrected chi connectivity index (χ4v) is 4.72. The molecule has 0 aliphatic carbocycles. The fourth-order valence-electron chi connectivity index (χ4n) is 4.50. The number of hydrogen-bond donors (Lipinski definition) is 1. The Morgan fingerprint density at radius 2 is 1.86 bits per heavy atom. The van der Waals surface area contributed by atoms with Crippen molar-refractivity contribution < 1.29 is 23.8 Å². The molecule has 0 fully saturated rings. The van der Waals surface area contributed by atoms with Gasteiger partial charge in [-0.1, -0.05) is 29.3 Å². The van der Waals surface area contributed by atoms with Gasteiger partial charge < -0.3 is 14.3 Å². The largest absolute Gasteiger partial charge is 0.503 e. The van der Waals surface area contributed by atoms with Gasteiger partial charge in [0.25, 0.3) is 5.91 Å². The first-order valence-corrected chi connectivity index (χ1v) is 11.2. The third-order valence-corrected chi connectivity index (χ3v) is 6.30. The van der Waals surface area contributed by atoms with Crippen molar-refractivity contribution in [3.8, 4) is 5.75 Å². The van der Waals surface area contributed by atoms with Crippen LogP contribution in [0.3, 0.4) is 0 Å². The van der Waals surface area contributed by atoms with Crippen LogP contribution in [0.4, 0.5) is 5.69 Å². The first kappa shape index (κ1) is 22.7. The second-order valence-corrected chi connectivity index (χ2v) is 8.81. The summed E-state index contributed by atoms with van der Waals surface area (Å²) in [6, 6.07) is 12.9. The molecule has 1 unspecified atom stereocenters. The SMILES string of the molecule is COc1cc(Cl)cc2cc(C(=O)C3=C(O)C(=O)N(c4ccc(C)cc4C)C3c3ccncc3)oc12. The zero-order chi connectivity index (χ0) is 24.9. The molecule has 3 heterocycles. The second-order valence-electron chi connectivity index (χ2n) is 8.38. The fraction of sp³-hybridized carbons (Fsp3) is 0.148. The maximum Gasteiger partial charge on any atom is 0.294 e. The zero-order valence-corrected chi connectivity index (χ0v) is 20.0. The number of hydrogen-bond acceptors (Lipinski definition) is 6. The van der Waals surface area contributed by atoms with Crippen LogP contribution in [0.1, 0.15) is 33.3 Å². The van der Waals surface area contributed by atoms with E-state index in [-0.39, 0.29) is 11.3 Å². The highest BCUT2D eigenvalue weighted by Crippen LogP contribution is 2.43. The first-order chi connectivity index (χ1) is 16.8. The lowest BCUT2D eigenvalue weighted by Gasteiger charge is -2.28. The lowest BCUT2D eigenvalue weighted by atomic mass is 9.95. The van der Waals surface area contributed by atoms with Gasteiger partial charge in [-0.25, -0.2) is 0 Å². The van der Waals surface area contributed by atoms with E-state index in [2.05, 4.69) is 4.98 Å². The van der Waals surface area contributed by atoms with E-state index in [0.717, 1.165) is 11.1 Å². The van der Waals surface area contributed by atoms with Crippen LogP contribution >= 0.6 is 11.6 Å². The topological polar surface area (TPSA) is 92.9 Å². The Morgan fingerprint density at radius 1 is 1.11 bits per heavy atom. The Morgan fingerprint density at radius 3 is 2.54 bits per heavy atom. The van der Waals surface area contributed by atoms with Crippen LogP contribution in [-0.4, -0.2) is 28.9 Å². The summed E-state index contributed by atoms with van der Waals surface area (Å²) in [5, 5.41) is 12.0. The van der Waals surface area contributed by atoms with Gasteiger partial charge in [0.15, 0.2) is 22.9 Å². The number of aryl methyl sites for hydroxylation is 2. The number of pyridine rings is 1. The molecule has 0 saturated carbocycles. The summed E-state index contributed by atoms with van der Waals surface area (Å²) >= 11 is 6.16. The number of fused-ring (bicyclic) bond motifs is 1. The molecule has 0 saturated heterocycles. The second kappa shape index (κ2) is 8.60. The molecule has 0 bridgehead atoms. The normalized spacial score (nSPS) is 15.8. The molecule has 0 spiro atoms. The van der Waals surface area contributed by atoms with E-state index < -0.39 is 23.5 Å². The molecule has 5 rings (SSSR count). The number of amides is 1. The molecule has 1 amide bonds. The Bertz CT molecular complexity index is 1520. The van der Waals surface area contributed by atoms with Gasteiger partial charge in [0.2, 0.25) is 5.78 Å². The van der Waals surface area contributed by atoms with Crippen LogP contribution in [-0.2, 0) is 4.79 Å². The standard InChI is InChI=1S/C27H21ClN2O5/c1-14-4-5-19(15(2)10-14)30-23(16-6-8-29-9-7-16)22(25(32)27(30)33)24(31)20-12-17-11-18(28)13-21(34-3)26(17)35-20/h4-13,23,32H,1-3H3. The molecule has 35 heavy (non-hydrogen) atoms. The molecule has 1 atom stereocenters. The molecule has 1 aliphatic heterocycles. The highest BCUT2D eigenvalue weighted by atomic mass is 35.5. The predicted octanol–water partition coefficient (Wildman–Crippen LogP) is 5.89. The molecule has 4 aromatic rings. The van der Waals surface area contributed by atoms with Crippen LogP contribution < -0.4 is 9.64 Å². The van der Waals surface area contributed by atoms with Gasteiger partial charge in [0, 0.05) is 34.6 Å². The number of nitrogens with zero attached hydrogens (tertiary/aromatic N) is 2. The number of aliphatic hydroxyl groups is 1. The van der Waals surface area contributed by atoms with E-state index in [1.165, 1.54) is 18.1 Å². The average molecular weight is 489 g/mol. The Labute approximate surface area is 206 Å². The molecular weight excluding hydrogens is 468 g/mol. The number of methoxy groups -OCH3 is 1. The van der Waals surface area contributed by atoms with Gasteiger partial charge in [-0.2, -0.15) is 0 Å². The first-order valence-electron chi connectivity index (χ1n) is 10.9. The third-order valence-electron chi connectivity index (χ3n) is 6.08. The minimum atomic E-state index is -0.877. The van der Waals surface area contributed by atoms with Crippen LogP contribution in [0.15, 0.2) is 76.7 Å². The van der Waals surface area contributed by atoms with E-state index in [0.29, 0.717) is 33.0 Å². The summed E-state index contributed by atoms with van der Waals surface area (Å²) in [6.45, 7) is 3.83. The van der Waals surface area contributed by atoms with E-state index in [4.69, 9.17) is 20.8 Å². The van der Waals surface area contributed by atoms with E-state index >= 15 is 0 Å². The van der Waals surface area contributed by atoms with Crippen LogP contribution in [0.25, 0.3) is 11.0 Å². The number of rotatable bonds is 5. The summed E-state index contributed by atoms with van der Waals surface area (Å²) in [6.07, 6.45) is 3.15. The Balaban J connectivity index is 1.67. The molecule has 2 aromatic carbocycles. The molecule has 0 radical (unpaired) electrons. The van der Waals surface area contributed by atoms with Crippen molar-refractivity contribution in [3.05, 3.63) is 99.7 Å². The molecule has 1 aliphatic rings. The summed E-state index contributed by atoms with van der Waals surface area (Å²) in [7, 11) is 1.47. The number of furan rings is 1. The van der Waals surface area contributed by atoms with Crippen molar-refractivity contribution in [2.45, 2.75) is 19.9 Å². The highest BCUT2D eigenvalue weighted by Gasteiger charge is 2.45. The smallest absolute Gasteiger partial charge is 0.294 e. The van der Waals surface area contributed by atoms with Crippen molar-refractivity contribution in [2.24, 2.45) is 0 Å². The average Bonchev–Trinajstić information content (AvgIpc) is 3.38. The lowest BCUT2D eigenvalue weighted by molar-refractivity contribution is -0.117. The quantitative estimate of drug-likeness (QED) is 0.352. The van der Waals surface area contributed by atoms with E-state index in [9.17, 15) is 14.7 Å². The number of aliphatic hydroxyl groups excluding tert-OH is 1. The number of aromatic nitrogens is 1. The van der Waals surface area contributed by atoms with Crippen molar-refractivity contribution in [3.63, 3.8) is 0 Å². The summed E-state index contributed by atoms with van der Waals surface area (Å²) < 4.78 is 11.2. The highest BCUT2D eigenvalue weighted by molar-refractivity contribution is 6.31. The molecule has 1 N–H and O–H groups in total. The summed E-state index contributed by atoms with van der Waals surface area (Å²) in [5.41, 5.74) is 3.35. The maximum absolute atomic E-state index is 13.8. The van der Waals surface area contributed by atoms with Gasteiger partial charge >= 0.3 is 0 Å². The summed E-state index contributed by atoms with van der Waals surface area (Å²) in [4.78, 5) is 32.6. The number of Topliss-reactive ketones (excluding diaryl/α,β-unsaturated/α-hetero) is 1. The minimum Gasteiger partial charge on any atom is -0.503 e.